The van der Waals surface area contributed by atoms with Gasteiger partial charge in [-0.15, -0.1) is 0 Å². The first-order valence-electron chi connectivity index (χ1n) is 12.7. The van der Waals surface area contributed by atoms with Crippen LogP contribution in [0.25, 0.3) is 0 Å². The molecule has 7 nitrogen and oxygen atoms in total. The van der Waals surface area contributed by atoms with Gasteiger partial charge in [0.25, 0.3) is 0 Å². The molecule has 1 saturated carbocycles. The standard InChI is InChI=1S/C31H32N2O5/c1-35-26-12-8-24(9-13-26)31(23-6-4-3-5-7-23,25-10-14-27(36-2)15-11-25)37-21-22-18-28(19-29(22)34)38-30-20-32-16-17-33-30/h3-17,20,22,28-29,34H,18-19,21H2,1-2H3/t22-,28-,29+/m1/s1. The van der Waals surface area contributed by atoms with E-state index in [9.17, 15) is 5.11 Å². The molecule has 4 aromatic rings. The zero-order valence-corrected chi connectivity index (χ0v) is 21.6. The van der Waals surface area contributed by atoms with Gasteiger partial charge < -0.3 is 24.1 Å². The molecule has 7 heteroatoms. The molecule has 3 aromatic carbocycles. The van der Waals surface area contributed by atoms with Crippen molar-refractivity contribution in [2.24, 2.45) is 5.92 Å². The highest BCUT2D eigenvalue weighted by Gasteiger charge is 2.41. The second kappa shape index (κ2) is 11.6. The van der Waals surface area contributed by atoms with Crippen LogP contribution in [0, 0.1) is 5.92 Å². The fraction of sp³-hybridized carbons (Fsp3) is 0.290. The van der Waals surface area contributed by atoms with E-state index in [0.717, 1.165) is 28.2 Å². The molecule has 5 rings (SSSR count). The van der Waals surface area contributed by atoms with Crippen molar-refractivity contribution in [3.63, 3.8) is 0 Å². The summed E-state index contributed by atoms with van der Waals surface area (Å²) in [7, 11) is 3.31. The van der Waals surface area contributed by atoms with Crippen LogP contribution in [0.3, 0.4) is 0 Å². The fourth-order valence-corrected chi connectivity index (χ4v) is 5.15. The number of methoxy groups -OCH3 is 2. The molecule has 0 saturated heterocycles. The number of rotatable bonds is 10. The first-order valence-corrected chi connectivity index (χ1v) is 12.7. The van der Waals surface area contributed by atoms with Crippen LogP contribution in [0.5, 0.6) is 17.4 Å². The van der Waals surface area contributed by atoms with E-state index in [1.165, 1.54) is 0 Å². The maximum Gasteiger partial charge on any atom is 0.232 e. The highest BCUT2D eigenvalue weighted by atomic mass is 16.5. The number of hydrogen-bond donors (Lipinski definition) is 1. The van der Waals surface area contributed by atoms with E-state index in [0.29, 0.717) is 25.3 Å². The molecule has 0 amide bonds. The molecule has 38 heavy (non-hydrogen) atoms. The molecule has 1 fully saturated rings. The third-order valence-corrected chi connectivity index (χ3v) is 7.13. The van der Waals surface area contributed by atoms with Gasteiger partial charge in [0.1, 0.15) is 23.2 Å². The van der Waals surface area contributed by atoms with Gasteiger partial charge in [0, 0.05) is 24.7 Å². The summed E-state index contributed by atoms with van der Waals surface area (Å²) in [4.78, 5) is 8.27. The SMILES string of the molecule is COc1ccc(C(OC[C@H]2C[C@@H](Oc3cnccn3)C[C@@H]2O)(c2ccccc2)c2ccc(OC)cc2)cc1. The number of nitrogens with zero attached hydrogens (tertiary/aromatic N) is 2. The van der Waals surface area contributed by atoms with Crippen molar-refractivity contribution in [2.45, 2.75) is 30.7 Å². The molecule has 0 spiro atoms. The molecule has 1 N–H and O–H groups in total. The van der Waals surface area contributed by atoms with Crippen LogP contribution in [0.15, 0.2) is 97.5 Å². The van der Waals surface area contributed by atoms with Gasteiger partial charge in [-0.05, 0) is 47.4 Å². The van der Waals surface area contributed by atoms with Crippen molar-refractivity contribution < 1.29 is 24.1 Å². The number of hydrogen-bond acceptors (Lipinski definition) is 7. The second-order valence-electron chi connectivity index (χ2n) is 9.40. The molecule has 0 bridgehead atoms. The van der Waals surface area contributed by atoms with Gasteiger partial charge in [0.2, 0.25) is 5.88 Å². The predicted octanol–water partition coefficient (Wildman–Crippen LogP) is 5.02. The quantitative estimate of drug-likeness (QED) is 0.299. The molecule has 0 aliphatic heterocycles. The zero-order valence-electron chi connectivity index (χ0n) is 21.6. The average Bonchev–Trinajstić information content (AvgIpc) is 3.33. The van der Waals surface area contributed by atoms with Crippen LogP contribution in [-0.4, -0.2) is 48.1 Å². The average molecular weight is 513 g/mol. The Hall–Kier alpha value is -3.94. The third-order valence-electron chi connectivity index (χ3n) is 7.13. The van der Waals surface area contributed by atoms with Gasteiger partial charge in [0.15, 0.2) is 0 Å². The van der Waals surface area contributed by atoms with E-state index in [2.05, 4.69) is 22.1 Å². The Labute approximate surface area is 223 Å². The summed E-state index contributed by atoms with van der Waals surface area (Å²) in [5.74, 6) is 1.87. The summed E-state index contributed by atoms with van der Waals surface area (Å²) in [6, 6.07) is 26.0. The molecule has 0 unspecified atom stereocenters. The lowest BCUT2D eigenvalue weighted by molar-refractivity contribution is -0.0298. The Morgan fingerprint density at radius 2 is 1.39 bits per heavy atom. The zero-order chi connectivity index (χ0) is 26.4. The topological polar surface area (TPSA) is 82.9 Å². The van der Waals surface area contributed by atoms with Crippen LogP contribution < -0.4 is 14.2 Å². The summed E-state index contributed by atoms with van der Waals surface area (Å²) in [6.45, 7) is 0.328. The smallest absolute Gasteiger partial charge is 0.232 e. The minimum absolute atomic E-state index is 0.115. The Kier molecular flexibility index (Phi) is 7.86. The van der Waals surface area contributed by atoms with Crippen LogP contribution >= 0.6 is 0 Å². The molecule has 1 aliphatic rings. The Bertz CT molecular complexity index is 1240. The van der Waals surface area contributed by atoms with E-state index in [1.54, 1.807) is 32.8 Å². The van der Waals surface area contributed by atoms with Crippen LogP contribution in [0.1, 0.15) is 29.5 Å². The lowest BCUT2D eigenvalue weighted by Gasteiger charge is -2.37. The number of ether oxygens (including phenoxy) is 4. The van der Waals surface area contributed by atoms with Gasteiger partial charge in [-0.25, -0.2) is 4.98 Å². The molecule has 1 aliphatic carbocycles. The highest BCUT2D eigenvalue weighted by Crippen LogP contribution is 2.43. The Balaban J connectivity index is 1.49. The number of benzene rings is 3. The summed E-state index contributed by atoms with van der Waals surface area (Å²) in [6.07, 6.45) is 5.22. The maximum atomic E-state index is 11.0. The van der Waals surface area contributed by atoms with Crippen molar-refractivity contribution >= 4 is 0 Å². The third kappa shape index (κ3) is 5.35. The molecule has 1 heterocycles. The van der Waals surface area contributed by atoms with Gasteiger partial charge in [-0.3, -0.25) is 4.98 Å². The van der Waals surface area contributed by atoms with E-state index < -0.39 is 11.7 Å². The lowest BCUT2D eigenvalue weighted by atomic mass is 9.80. The number of aromatic nitrogens is 2. The van der Waals surface area contributed by atoms with Crippen LogP contribution in [0.2, 0.25) is 0 Å². The number of aliphatic hydroxyl groups is 1. The lowest BCUT2D eigenvalue weighted by Crippen LogP contribution is -2.35. The Morgan fingerprint density at radius 3 is 1.95 bits per heavy atom. The monoisotopic (exact) mass is 512 g/mol. The molecule has 0 radical (unpaired) electrons. The van der Waals surface area contributed by atoms with Gasteiger partial charge in [0.05, 0.1) is 33.1 Å². The van der Waals surface area contributed by atoms with Crippen LogP contribution in [-0.2, 0) is 10.3 Å². The minimum Gasteiger partial charge on any atom is -0.497 e. The number of aliphatic hydroxyl groups excluding tert-OH is 1. The van der Waals surface area contributed by atoms with Crippen molar-refractivity contribution in [1.29, 1.82) is 0 Å². The van der Waals surface area contributed by atoms with E-state index >= 15 is 0 Å². The summed E-state index contributed by atoms with van der Waals surface area (Å²) >= 11 is 0. The van der Waals surface area contributed by atoms with Crippen LogP contribution in [0.4, 0.5) is 0 Å². The van der Waals surface area contributed by atoms with Gasteiger partial charge in [-0.1, -0.05) is 54.6 Å². The second-order valence-corrected chi connectivity index (χ2v) is 9.40. The maximum absolute atomic E-state index is 11.0. The molecule has 1 aromatic heterocycles. The largest absolute Gasteiger partial charge is 0.497 e. The highest BCUT2D eigenvalue weighted by molar-refractivity contribution is 5.49. The molecular formula is C31H32N2O5. The van der Waals surface area contributed by atoms with Crippen molar-refractivity contribution in [3.8, 4) is 17.4 Å². The van der Waals surface area contributed by atoms with Gasteiger partial charge >= 0.3 is 0 Å². The molecule has 3 atom stereocenters. The minimum atomic E-state index is -0.927. The summed E-state index contributed by atoms with van der Waals surface area (Å²) in [5, 5.41) is 11.0. The summed E-state index contributed by atoms with van der Waals surface area (Å²) < 4.78 is 23.8. The fourth-order valence-electron chi connectivity index (χ4n) is 5.15. The van der Waals surface area contributed by atoms with E-state index in [-0.39, 0.29) is 12.0 Å². The molecular weight excluding hydrogens is 480 g/mol. The van der Waals surface area contributed by atoms with Crippen molar-refractivity contribution in [1.82, 2.24) is 9.97 Å². The first kappa shape index (κ1) is 25.7. The van der Waals surface area contributed by atoms with Crippen molar-refractivity contribution in [2.75, 3.05) is 20.8 Å². The molecule has 196 valence electrons. The first-order chi connectivity index (χ1) is 18.6. The van der Waals surface area contributed by atoms with E-state index in [4.69, 9.17) is 18.9 Å². The summed E-state index contributed by atoms with van der Waals surface area (Å²) in [5.41, 5.74) is 1.96. The Morgan fingerprint density at radius 1 is 0.789 bits per heavy atom. The van der Waals surface area contributed by atoms with E-state index in [1.807, 2.05) is 66.7 Å². The van der Waals surface area contributed by atoms with Crippen molar-refractivity contribution in [3.05, 3.63) is 114 Å². The normalized spacial score (nSPS) is 19.2. The predicted molar refractivity (Wildman–Crippen MR) is 143 cm³/mol. The van der Waals surface area contributed by atoms with Gasteiger partial charge in [-0.2, -0.15) is 0 Å².